The third-order valence-corrected chi connectivity index (χ3v) is 7.40. The summed E-state index contributed by atoms with van der Waals surface area (Å²) in [6.07, 6.45) is 0. The molecule has 8 heteroatoms. The lowest BCUT2D eigenvalue weighted by Crippen LogP contribution is -2.53. The van der Waals surface area contributed by atoms with Crippen molar-refractivity contribution in [2.45, 2.75) is 20.8 Å². The van der Waals surface area contributed by atoms with Crippen molar-refractivity contribution in [1.82, 2.24) is 14.4 Å². The number of carbonyl (C=O) groups is 2. The number of aromatic nitrogens is 1. The lowest BCUT2D eigenvalue weighted by molar-refractivity contribution is -0.140. The van der Waals surface area contributed by atoms with E-state index in [4.69, 9.17) is 23.2 Å². The number of nitrogens with zero attached hydrogens (tertiary/aromatic N) is 3. The third kappa shape index (κ3) is 4.95. The van der Waals surface area contributed by atoms with Crippen LogP contribution in [0.5, 0.6) is 0 Å². The highest BCUT2D eigenvalue weighted by atomic mass is 35.5. The van der Waals surface area contributed by atoms with E-state index in [-0.39, 0.29) is 23.5 Å². The van der Waals surface area contributed by atoms with Gasteiger partial charge >= 0.3 is 0 Å². The van der Waals surface area contributed by atoms with Gasteiger partial charge in [-0.3, -0.25) is 9.59 Å². The Kier molecular flexibility index (Phi) is 7.25. The number of amides is 2. The lowest BCUT2D eigenvalue weighted by atomic mass is 9.94. The first-order chi connectivity index (χ1) is 16.6. The van der Waals surface area contributed by atoms with Gasteiger partial charge in [0.2, 0.25) is 5.91 Å². The second-order valence-electron chi connectivity index (χ2n) is 9.42. The molecule has 0 bridgehead atoms. The first kappa shape index (κ1) is 25.3. The first-order valence-corrected chi connectivity index (χ1v) is 12.4. The van der Waals surface area contributed by atoms with Crippen LogP contribution in [0.4, 0.5) is 4.39 Å². The van der Waals surface area contributed by atoms with Crippen molar-refractivity contribution in [3.63, 3.8) is 0 Å². The van der Waals surface area contributed by atoms with Gasteiger partial charge in [-0.25, -0.2) is 4.39 Å². The maximum Gasteiger partial charge on any atom is 0.255 e. The highest BCUT2D eigenvalue weighted by molar-refractivity contribution is 6.30. The molecule has 184 valence electrons. The average Bonchev–Trinajstić information content (AvgIpc) is 3.20. The molecule has 0 saturated carbocycles. The van der Waals surface area contributed by atoms with Gasteiger partial charge in [0, 0.05) is 42.8 Å². The molecule has 1 fully saturated rings. The Balaban J connectivity index is 1.66. The minimum atomic E-state index is -0.644. The predicted molar refractivity (Wildman–Crippen MR) is 138 cm³/mol. The summed E-state index contributed by atoms with van der Waals surface area (Å²) in [5.74, 6) is -0.293. The zero-order chi connectivity index (χ0) is 25.3. The Hall–Kier alpha value is -2.83. The number of halogens is 3. The number of piperazine rings is 1. The van der Waals surface area contributed by atoms with E-state index in [1.54, 1.807) is 44.7 Å². The van der Waals surface area contributed by atoms with Gasteiger partial charge in [0.1, 0.15) is 5.82 Å². The Bertz CT molecular complexity index is 1250. The molecule has 1 aliphatic rings. The largest absolute Gasteiger partial charge is 0.339 e. The van der Waals surface area contributed by atoms with Crippen LogP contribution < -0.4 is 0 Å². The Morgan fingerprint density at radius 2 is 1.57 bits per heavy atom. The fourth-order valence-corrected chi connectivity index (χ4v) is 4.61. The van der Waals surface area contributed by atoms with E-state index in [2.05, 4.69) is 0 Å². The van der Waals surface area contributed by atoms with Crippen LogP contribution in [0.3, 0.4) is 0 Å². The molecule has 35 heavy (non-hydrogen) atoms. The molecular formula is C27H28Cl2FN3O2. The molecule has 0 N–H and O–H groups in total. The van der Waals surface area contributed by atoms with Gasteiger partial charge in [-0.05, 0) is 56.7 Å². The highest BCUT2D eigenvalue weighted by Gasteiger charge is 2.34. The molecule has 0 aliphatic carbocycles. The zero-order valence-electron chi connectivity index (χ0n) is 20.0. The molecule has 0 atom stereocenters. The van der Waals surface area contributed by atoms with Gasteiger partial charge in [-0.15, -0.1) is 11.6 Å². The second kappa shape index (κ2) is 10.0. The van der Waals surface area contributed by atoms with E-state index >= 15 is 0 Å². The first-order valence-electron chi connectivity index (χ1n) is 11.5. The van der Waals surface area contributed by atoms with Crippen LogP contribution in [0.2, 0.25) is 5.02 Å². The maximum absolute atomic E-state index is 14.8. The van der Waals surface area contributed by atoms with Crippen molar-refractivity contribution >= 4 is 35.0 Å². The van der Waals surface area contributed by atoms with E-state index < -0.39 is 5.41 Å². The van der Waals surface area contributed by atoms with Crippen LogP contribution in [0.1, 0.15) is 29.9 Å². The zero-order valence-corrected chi connectivity index (χ0v) is 21.5. The standard InChI is InChI=1S/C27H28Cl2FN3O2/c1-18-21(25(34)31-12-14-32(15-13-31)26(35)27(2,3)17-28)16-24(19-8-10-20(29)11-9-19)33(18)23-7-5-4-6-22(23)30/h4-11,16H,12-15,17H2,1-3H3. The number of hydrogen-bond donors (Lipinski definition) is 0. The van der Waals surface area contributed by atoms with Crippen molar-refractivity contribution in [3.8, 4) is 16.9 Å². The summed E-state index contributed by atoms with van der Waals surface area (Å²) in [5, 5.41) is 0.593. The molecule has 1 aliphatic heterocycles. The summed E-state index contributed by atoms with van der Waals surface area (Å²) in [4.78, 5) is 29.9. The predicted octanol–water partition coefficient (Wildman–Crippen LogP) is 5.79. The van der Waals surface area contributed by atoms with Crippen LogP contribution in [-0.2, 0) is 4.79 Å². The van der Waals surface area contributed by atoms with Crippen molar-refractivity contribution in [2.24, 2.45) is 5.41 Å². The maximum atomic E-state index is 14.8. The lowest BCUT2D eigenvalue weighted by Gasteiger charge is -2.38. The minimum absolute atomic E-state index is 0.00786. The summed E-state index contributed by atoms with van der Waals surface area (Å²) >= 11 is 12.1. The van der Waals surface area contributed by atoms with Crippen molar-refractivity contribution < 1.29 is 14.0 Å². The molecule has 5 nitrogen and oxygen atoms in total. The summed E-state index contributed by atoms with van der Waals surface area (Å²) in [5.41, 5.74) is 2.39. The molecule has 2 amide bonds. The molecular weight excluding hydrogens is 488 g/mol. The van der Waals surface area contributed by atoms with Crippen molar-refractivity contribution in [1.29, 1.82) is 0 Å². The van der Waals surface area contributed by atoms with Gasteiger partial charge < -0.3 is 14.4 Å². The molecule has 4 rings (SSSR count). The van der Waals surface area contributed by atoms with E-state index in [9.17, 15) is 14.0 Å². The van der Waals surface area contributed by atoms with E-state index in [1.807, 2.05) is 39.0 Å². The second-order valence-corrected chi connectivity index (χ2v) is 10.1. The summed E-state index contributed by atoms with van der Waals surface area (Å²) in [6, 6.07) is 15.6. The monoisotopic (exact) mass is 515 g/mol. The Labute approximate surface area is 215 Å². The topological polar surface area (TPSA) is 45.6 Å². The third-order valence-electron chi connectivity index (χ3n) is 6.48. The smallest absolute Gasteiger partial charge is 0.255 e. The van der Waals surface area contributed by atoms with Crippen LogP contribution in [0.25, 0.3) is 16.9 Å². The van der Waals surface area contributed by atoms with Crippen molar-refractivity contribution in [3.05, 3.63) is 76.7 Å². The average molecular weight is 516 g/mol. The van der Waals surface area contributed by atoms with E-state index in [0.717, 1.165) is 5.56 Å². The van der Waals surface area contributed by atoms with Gasteiger partial charge in [0.15, 0.2) is 0 Å². The normalized spacial score (nSPS) is 14.3. The Morgan fingerprint density at radius 3 is 2.17 bits per heavy atom. The molecule has 2 heterocycles. The molecule has 1 saturated heterocycles. The van der Waals surface area contributed by atoms with Crippen molar-refractivity contribution in [2.75, 3.05) is 32.1 Å². The fourth-order valence-electron chi connectivity index (χ4n) is 4.37. The minimum Gasteiger partial charge on any atom is -0.339 e. The fraction of sp³-hybridized carbons (Fsp3) is 0.333. The molecule has 2 aromatic carbocycles. The summed E-state index contributed by atoms with van der Waals surface area (Å²) in [6.45, 7) is 7.21. The molecule has 0 spiro atoms. The molecule has 0 radical (unpaired) electrons. The summed E-state index contributed by atoms with van der Waals surface area (Å²) < 4.78 is 16.6. The molecule has 1 aromatic heterocycles. The van der Waals surface area contributed by atoms with Crippen LogP contribution in [-0.4, -0.2) is 58.2 Å². The molecule has 0 unspecified atom stereocenters. The number of hydrogen-bond acceptors (Lipinski definition) is 2. The van der Waals surface area contributed by atoms with E-state index in [0.29, 0.717) is 53.8 Å². The number of para-hydroxylation sites is 1. The number of carbonyl (C=O) groups excluding carboxylic acids is 2. The number of alkyl halides is 1. The quantitative estimate of drug-likeness (QED) is 0.403. The van der Waals surface area contributed by atoms with Gasteiger partial charge in [-0.1, -0.05) is 35.9 Å². The van der Waals surface area contributed by atoms with E-state index in [1.165, 1.54) is 6.07 Å². The van der Waals surface area contributed by atoms with Gasteiger partial charge in [0.25, 0.3) is 5.91 Å². The summed E-state index contributed by atoms with van der Waals surface area (Å²) in [7, 11) is 0. The number of rotatable bonds is 5. The van der Waals surface area contributed by atoms with Crippen LogP contribution >= 0.6 is 23.2 Å². The SMILES string of the molecule is Cc1c(C(=O)N2CCN(C(=O)C(C)(C)CCl)CC2)cc(-c2ccc(Cl)cc2)n1-c1ccccc1F. The van der Waals surface area contributed by atoms with Gasteiger partial charge in [-0.2, -0.15) is 0 Å². The van der Waals surface area contributed by atoms with Crippen LogP contribution in [0, 0.1) is 18.2 Å². The number of benzene rings is 2. The molecule has 3 aromatic rings. The van der Waals surface area contributed by atoms with Crippen LogP contribution in [0.15, 0.2) is 54.6 Å². The Morgan fingerprint density at radius 1 is 0.971 bits per heavy atom. The highest BCUT2D eigenvalue weighted by Crippen LogP contribution is 2.32. The van der Waals surface area contributed by atoms with Gasteiger partial charge in [0.05, 0.1) is 22.4 Å².